The van der Waals surface area contributed by atoms with E-state index in [0.717, 1.165) is 23.1 Å². The lowest BCUT2D eigenvalue weighted by atomic mass is 10.4. The summed E-state index contributed by atoms with van der Waals surface area (Å²) in [7, 11) is 0. The van der Waals surface area contributed by atoms with Crippen LogP contribution in [0.1, 0.15) is 19.0 Å². The molecular formula is C7H12BrN3. The highest BCUT2D eigenvalue weighted by molar-refractivity contribution is 9.10. The van der Waals surface area contributed by atoms with Crippen LogP contribution < -0.4 is 5.73 Å². The zero-order valence-electron chi connectivity index (χ0n) is 6.55. The molecule has 4 heteroatoms. The summed E-state index contributed by atoms with van der Waals surface area (Å²) in [5.41, 5.74) is 6.61. The third kappa shape index (κ3) is 1.81. The number of hydrogen-bond acceptors (Lipinski definition) is 2. The lowest BCUT2D eigenvalue weighted by Crippen LogP contribution is -2.08. The molecule has 1 aromatic rings. The summed E-state index contributed by atoms with van der Waals surface area (Å²) in [4.78, 5) is 0. The van der Waals surface area contributed by atoms with E-state index in [1.165, 1.54) is 0 Å². The van der Waals surface area contributed by atoms with Gasteiger partial charge in [-0.15, -0.1) is 0 Å². The van der Waals surface area contributed by atoms with Crippen molar-refractivity contribution in [1.29, 1.82) is 0 Å². The third-order valence-corrected chi connectivity index (χ3v) is 2.19. The molecule has 0 aliphatic heterocycles. The van der Waals surface area contributed by atoms with E-state index in [-0.39, 0.29) is 0 Å². The molecule has 0 bridgehead atoms. The SMILES string of the molecule is CCCn1ncc(Br)c1CN. The monoisotopic (exact) mass is 217 g/mol. The van der Waals surface area contributed by atoms with Gasteiger partial charge in [-0.1, -0.05) is 6.92 Å². The molecule has 0 fully saturated rings. The number of aromatic nitrogens is 2. The molecule has 62 valence electrons. The van der Waals surface area contributed by atoms with Crippen molar-refractivity contribution in [2.75, 3.05) is 0 Å². The van der Waals surface area contributed by atoms with E-state index in [9.17, 15) is 0 Å². The Morgan fingerprint density at radius 1 is 1.73 bits per heavy atom. The highest BCUT2D eigenvalue weighted by atomic mass is 79.9. The van der Waals surface area contributed by atoms with E-state index in [1.807, 2.05) is 4.68 Å². The Bertz CT molecular complexity index is 232. The third-order valence-electron chi connectivity index (χ3n) is 1.53. The van der Waals surface area contributed by atoms with Gasteiger partial charge in [0.1, 0.15) is 0 Å². The van der Waals surface area contributed by atoms with Gasteiger partial charge >= 0.3 is 0 Å². The van der Waals surface area contributed by atoms with E-state index in [2.05, 4.69) is 28.0 Å². The van der Waals surface area contributed by atoms with Crippen molar-refractivity contribution >= 4 is 15.9 Å². The van der Waals surface area contributed by atoms with E-state index in [4.69, 9.17) is 5.73 Å². The largest absolute Gasteiger partial charge is 0.325 e. The fourth-order valence-electron chi connectivity index (χ4n) is 0.995. The first-order valence-corrected chi connectivity index (χ1v) is 4.49. The number of hydrogen-bond donors (Lipinski definition) is 1. The van der Waals surface area contributed by atoms with E-state index in [1.54, 1.807) is 6.20 Å². The number of nitrogens with zero attached hydrogens (tertiary/aromatic N) is 2. The first kappa shape index (κ1) is 8.74. The predicted octanol–water partition coefficient (Wildman–Crippen LogP) is 1.51. The lowest BCUT2D eigenvalue weighted by molar-refractivity contribution is 0.574. The topological polar surface area (TPSA) is 43.8 Å². The molecule has 0 aliphatic carbocycles. The maximum absolute atomic E-state index is 5.54. The smallest absolute Gasteiger partial charge is 0.0661 e. The van der Waals surface area contributed by atoms with Crippen LogP contribution in [0.25, 0.3) is 0 Å². The minimum Gasteiger partial charge on any atom is -0.325 e. The maximum atomic E-state index is 5.54. The summed E-state index contributed by atoms with van der Waals surface area (Å²) < 4.78 is 2.94. The van der Waals surface area contributed by atoms with Crippen molar-refractivity contribution < 1.29 is 0 Å². The van der Waals surface area contributed by atoms with Crippen LogP contribution >= 0.6 is 15.9 Å². The van der Waals surface area contributed by atoms with Crippen LogP contribution in [0.2, 0.25) is 0 Å². The molecule has 2 N–H and O–H groups in total. The molecule has 1 aromatic heterocycles. The summed E-state index contributed by atoms with van der Waals surface area (Å²) in [5.74, 6) is 0. The highest BCUT2D eigenvalue weighted by Gasteiger charge is 2.04. The average Bonchev–Trinajstić information content (AvgIpc) is 2.33. The summed E-state index contributed by atoms with van der Waals surface area (Å²) in [6, 6.07) is 0. The van der Waals surface area contributed by atoms with Crippen LogP contribution in [0.5, 0.6) is 0 Å². The molecule has 0 amide bonds. The summed E-state index contributed by atoms with van der Waals surface area (Å²) >= 11 is 3.38. The van der Waals surface area contributed by atoms with Gasteiger partial charge < -0.3 is 5.73 Å². The minimum absolute atomic E-state index is 0.542. The number of halogens is 1. The summed E-state index contributed by atoms with van der Waals surface area (Å²) in [6.45, 7) is 3.61. The Morgan fingerprint density at radius 2 is 2.45 bits per heavy atom. The van der Waals surface area contributed by atoms with Gasteiger partial charge in [0.05, 0.1) is 16.4 Å². The van der Waals surface area contributed by atoms with Gasteiger partial charge in [-0.25, -0.2) is 0 Å². The molecule has 3 nitrogen and oxygen atoms in total. The normalized spacial score (nSPS) is 10.5. The Labute approximate surface area is 74.7 Å². The van der Waals surface area contributed by atoms with Crippen LogP contribution in [-0.4, -0.2) is 9.78 Å². The van der Waals surface area contributed by atoms with Gasteiger partial charge in [0, 0.05) is 13.1 Å². The second-order valence-electron chi connectivity index (χ2n) is 2.37. The van der Waals surface area contributed by atoms with Gasteiger partial charge in [0.2, 0.25) is 0 Å². The van der Waals surface area contributed by atoms with Crippen molar-refractivity contribution in [2.24, 2.45) is 5.73 Å². The van der Waals surface area contributed by atoms with Gasteiger partial charge in [-0.3, -0.25) is 4.68 Å². The molecule has 11 heavy (non-hydrogen) atoms. The molecule has 0 aromatic carbocycles. The molecule has 1 rings (SSSR count). The Kier molecular flexibility index (Phi) is 3.08. The van der Waals surface area contributed by atoms with Gasteiger partial charge in [-0.2, -0.15) is 5.10 Å². The van der Waals surface area contributed by atoms with Crippen LogP contribution in [0.15, 0.2) is 10.7 Å². The van der Waals surface area contributed by atoms with Crippen molar-refractivity contribution in [1.82, 2.24) is 9.78 Å². The number of rotatable bonds is 3. The second kappa shape index (κ2) is 3.88. The molecular weight excluding hydrogens is 206 g/mol. The second-order valence-corrected chi connectivity index (χ2v) is 3.22. The highest BCUT2D eigenvalue weighted by Crippen LogP contribution is 2.15. The van der Waals surface area contributed by atoms with Gasteiger partial charge in [0.15, 0.2) is 0 Å². The van der Waals surface area contributed by atoms with Gasteiger partial charge in [-0.05, 0) is 22.4 Å². The zero-order chi connectivity index (χ0) is 8.27. The van der Waals surface area contributed by atoms with Crippen LogP contribution in [0.3, 0.4) is 0 Å². The van der Waals surface area contributed by atoms with Crippen LogP contribution in [0.4, 0.5) is 0 Å². The number of aryl methyl sites for hydroxylation is 1. The fourth-order valence-corrected chi connectivity index (χ4v) is 1.45. The molecule has 0 aliphatic rings. The quantitative estimate of drug-likeness (QED) is 0.835. The predicted molar refractivity (Wildman–Crippen MR) is 48.1 cm³/mol. The van der Waals surface area contributed by atoms with Crippen molar-refractivity contribution in [3.63, 3.8) is 0 Å². The first-order valence-electron chi connectivity index (χ1n) is 3.69. The molecule has 0 atom stereocenters. The first-order chi connectivity index (χ1) is 5.29. The maximum Gasteiger partial charge on any atom is 0.0661 e. The van der Waals surface area contributed by atoms with E-state index < -0.39 is 0 Å². The molecule has 0 unspecified atom stereocenters. The van der Waals surface area contributed by atoms with E-state index in [0.29, 0.717) is 6.54 Å². The van der Waals surface area contributed by atoms with Crippen molar-refractivity contribution in [2.45, 2.75) is 26.4 Å². The Balaban J connectivity index is 2.86. The lowest BCUT2D eigenvalue weighted by Gasteiger charge is -2.02. The molecule has 0 spiro atoms. The molecule has 1 heterocycles. The Morgan fingerprint density at radius 3 is 3.00 bits per heavy atom. The van der Waals surface area contributed by atoms with Crippen LogP contribution in [0, 0.1) is 0 Å². The molecule has 0 saturated carbocycles. The van der Waals surface area contributed by atoms with Gasteiger partial charge in [0.25, 0.3) is 0 Å². The average molecular weight is 218 g/mol. The van der Waals surface area contributed by atoms with E-state index >= 15 is 0 Å². The fraction of sp³-hybridized carbons (Fsp3) is 0.571. The Hall–Kier alpha value is -0.350. The molecule has 0 radical (unpaired) electrons. The standard InChI is InChI=1S/C7H12BrN3/c1-2-3-11-7(4-9)6(8)5-10-11/h5H,2-4,9H2,1H3. The zero-order valence-corrected chi connectivity index (χ0v) is 8.13. The van der Waals surface area contributed by atoms with Crippen LogP contribution in [-0.2, 0) is 13.1 Å². The minimum atomic E-state index is 0.542. The summed E-state index contributed by atoms with van der Waals surface area (Å²) in [6.07, 6.45) is 2.87. The molecule has 0 saturated heterocycles. The number of nitrogens with two attached hydrogens (primary N) is 1. The van der Waals surface area contributed by atoms with Crippen molar-refractivity contribution in [3.8, 4) is 0 Å². The summed E-state index contributed by atoms with van der Waals surface area (Å²) in [5, 5.41) is 4.17. The van der Waals surface area contributed by atoms with Crippen molar-refractivity contribution in [3.05, 3.63) is 16.4 Å².